The van der Waals surface area contributed by atoms with E-state index < -0.39 is 6.10 Å². The van der Waals surface area contributed by atoms with Gasteiger partial charge in [-0.15, -0.1) is 0 Å². The first kappa shape index (κ1) is 17.0. The van der Waals surface area contributed by atoms with Crippen molar-refractivity contribution in [1.82, 2.24) is 10.2 Å². The van der Waals surface area contributed by atoms with Gasteiger partial charge in [0.2, 0.25) is 5.91 Å². The van der Waals surface area contributed by atoms with Gasteiger partial charge in [-0.05, 0) is 50.1 Å². The number of amides is 1. The molecule has 2 saturated heterocycles. The van der Waals surface area contributed by atoms with Crippen molar-refractivity contribution >= 4 is 5.91 Å². The van der Waals surface area contributed by atoms with E-state index in [1.807, 2.05) is 30.3 Å². The molecule has 3 aliphatic rings. The predicted octanol–water partition coefficient (Wildman–Crippen LogP) is 2.88. The Balaban J connectivity index is 1.48. The minimum Gasteiger partial charge on any atom is -0.388 e. The van der Waals surface area contributed by atoms with E-state index in [2.05, 4.69) is 10.2 Å². The fourth-order valence-corrected chi connectivity index (χ4v) is 5.37. The van der Waals surface area contributed by atoms with Gasteiger partial charge >= 0.3 is 0 Å². The second kappa shape index (κ2) is 7.08. The van der Waals surface area contributed by atoms with Crippen molar-refractivity contribution in [1.29, 1.82) is 0 Å². The molecule has 1 aromatic rings. The van der Waals surface area contributed by atoms with Crippen LogP contribution in [-0.2, 0) is 4.79 Å². The number of nitrogens with zero attached hydrogens (tertiary/aromatic N) is 1. The van der Waals surface area contributed by atoms with Gasteiger partial charge in [-0.3, -0.25) is 4.79 Å². The molecule has 1 amide bonds. The van der Waals surface area contributed by atoms with E-state index in [0.717, 1.165) is 44.5 Å². The lowest BCUT2D eigenvalue weighted by Gasteiger charge is -2.41. The zero-order valence-electron chi connectivity index (χ0n) is 15.0. The molecule has 25 heavy (non-hydrogen) atoms. The summed E-state index contributed by atoms with van der Waals surface area (Å²) < 4.78 is 0. The molecule has 2 N–H and O–H groups in total. The summed E-state index contributed by atoms with van der Waals surface area (Å²) in [6.45, 7) is 2.71. The summed E-state index contributed by atoms with van der Waals surface area (Å²) in [4.78, 5) is 15.7. The summed E-state index contributed by atoms with van der Waals surface area (Å²) in [5.74, 6) is 0.874. The fraction of sp³-hybridized carbons (Fsp3) is 0.667. The molecule has 2 aliphatic heterocycles. The van der Waals surface area contributed by atoms with E-state index >= 15 is 0 Å². The average Bonchev–Trinajstić information content (AvgIpc) is 3.29. The summed E-state index contributed by atoms with van der Waals surface area (Å²) in [6, 6.07) is 10.0. The monoisotopic (exact) mass is 342 g/mol. The van der Waals surface area contributed by atoms with Crippen LogP contribution in [0.2, 0.25) is 0 Å². The zero-order valence-corrected chi connectivity index (χ0v) is 15.0. The van der Waals surface area contributed by atoms with Crippen molar-refractivity contribution in [2.75, 3.05) is 19.6 Å². The summed E-state index contributed by atoms with van der Waals surface area (Å²) >= 11 is 0. The number of likely N-dealkylation sites (tertiary alicyclic amines) is 1. The molecule has 0 spiro atoms. The molecule has 136 valence electrons. The summed E-state index contributed by atoms with van der Waals surface area (Å²) in [5.41, 5.74) is 0.788. The van der Waals surface area contributed by atoms with Crippen LogP contribution in [0.15, 0.2) is 30.3 Å². The number of hydrogen-bond donors (Lipinski definition) is 2. The molecular weight excluding hydrogens is 312 g/mol. The first-order chi connectivity index (χ1) is 12.2. The molecule has 3 fully saturated rings. The van der Waals surface area contributed by atoms with E-state index in [9.17, 15) is 9.90 Å². The minimum absolute atomic E-state index is 0.168. The first-order valence-corrected chi connectivity index (χ1v) is 9.95. The molecule has 4 rings (SSSR count). The lowest BCUT2D eigenvalue weighted by molar-refractivity contribution is -0.146. The molecular formula is C21H30N2O2. The lowest BCUT2D eigenvalue weighted by Crippen LogP contribution is -2.51. The highest BCUT2D eigenvalue weighted by Crippen LogP contribution is 2.46. The van der Waals surface area contributed by atoms with Crippen molar-refractivity contribution in [3.8, 4) is 0 Å². The van der Waals surface area contributed by atoms with Crippen LogP contribution < -0.4 is 5.32 Å². The minimum atomic E-state index is -0.485. The van der Waals surface area contributed by atoms with Crippen LogP contribution >= 0.6 is 0 Å². The number of carbonyl (C=O) groups is 1. The van der Waals surface area contributed by atoms with Crippen LogP contribution in [0.4, 0.5) is 0 Å². The van der Waals surface area contributed by atoms with Gasteiger partial charge in [0, 0.05) is 19.1 Å². The summed E-state index contributed by atoms with van der Waals surface area (Å²) in [7, 11) is 0. The Kier molecular flexibility index (Phi) is 4.83. The highest BCUT2D eigenvalue weighted by molar-refractivity contribution is 5.84. The van der Waals surface area contributed by atoms with Gasteiger partial charge in [-0.1, -0.05) is 43.2 Å². The molecule has 0 aromatic heterocycles. The van der Waals surface area contributed by atoms with E-state index in [1.165, 1.54) is 19.3 Å². The molecule has 4 heteroatoms. The van der Waals surface area contributed by atoms with E-state index in [-0.39, 0.29) is 11.5 Å². The number of aliphatic hydroxyl groups is 1. The maximum Gasteiger partial charge on any atom is 0.230 e. The molecule has 4 atom stereocenters. The number of benzene rings is 1. The van der Waals surface area contributed by atoms with Crippen LogP contribution in [0.1, 0.15) is 56.6 Å². The van der Waals surface area contributed by atoms with Crippen LogP contribution in [0.5, 0.6) is 0 Å². The smallest absolute Gasteiger partial charge is 0.230 e. The van der Waals surface area contributed by atoms with Crippen LogP contribution in [-0.4, -0.2) is 41.6 Å². The molecule has 0 radical (unpaired) electrons. The number of hydrogen-bond acceptors (Lipinski definition) is 3. The highest BCUT2D eigenvalue weighted by Gasteiger charge is 2.52. The maximum atomic E-state index is 13.5. The van der Waals surface area contributed by atoms with E-state index in [0.29, 0.717) is 18.2 Å². The number of aliphatic hydroxyl groups excluding tert-OH is 1. The SMILES string of the molecule is O=C(N1CCCC1CC(O)c1ccccc1)[C@@]12CCCC[C@H]1CNC2. The largest absolute Gasteiger partial charge is 0.388 e. The van der Waals surface area contributed by atoms with Crippen molar-refractivity contribution in [3.05, 3.63) is 35.9 Å². The average molecular weight is 342 g/mol. The Morgan fingerprint density at radius 3 is 2.92 bits per heavy atom. The molecule has 1 aliphatic carbocycles. The Morgan fingerprint density at radius 2 is 2.08 bits per heavy atom. The molecule has 1 saturated carbocycles. The maximum absolute atomic E-state index is 13.5. The van der Waals surface area contributed by atoms with Gasteiger partial charge in [0.05, 0.1) is 11.5 Å². The molecule has 2 unspecified atom stereocenters. The normalized spacial score (nSPS) is 33.2. The van der Waals surface area contributed by atoms with Gasteiger partial charge in [0.15, 0.2) is 0 Å². The third kappa shape index (κ3) is 3.11. The van der Waals surface area contributed by atoms with Gasteiger partial charge in [-0.25, -0.2) is 0 Å². The predicted molar refractivity (Wildman–Crippen MR) is 98.0 cm³/mol. The standard InChI is InChI=1S/C21H30N2O2/c24-19(16-7-2-1-3-8-16)13-18-10-6-12-23(18)20(25)21-11-5-4-9-17(21)14-22-15-21/h1-3,7-8,17-19,22,24H,4-6,9-15H2/t17-,18?,19?,21+/m0/s1. The van der Waals surface area contributed by atoms with E-state index in [1.54, 1.807) is 0 Å². The quantitative estimate of drug-likeness (QED) is 0.885. The van der Waals surface area contributed by atoms with Gasteiger partial charge in [0.1, 0.15) is 0 Å². The summed E-state index contributed by atoms with van der Waals surface area (Å²) in [5, 5.41) is 14.1. The van der Waals surface area contributed by atoms with Gasteiger partial charge in [0.25, 0.3) is 0 Å². The number of rotatable bonds is 4. The molecule has 4 nitrogen and oxygen atoms in total. The number of fused-ring (bicyclic) bond motifs is 1. The lowest BCUT2D eigenvalue weighted by atomic mass is 9.67. The molecule has 1 aromatic carbocycles. The Hall–Kier alpha value is -1.39. The zero-order chi connectivity index (χ0) is 17.3. The molecule has 0 bridgehead atoms. The summed E-state index contributed by atoms with van der Waals surface area (Å²) in [6.07, 6.45) is 6.91. The second-order valence-corrected chi connectivity index (χ2v) is 8.19. The van der Waals surface area contributed by atoms with Crippen molar-refractivity contribution < 1.29 is 9.90 Å². The third-order valence-electron chi connectivity index (χ3n) is 6.78. The first-order valence-electron chi connectivity index (χ1n) is 9.95. The Morgan fingerprint density at radius 1 is 1.24 bits per heavy atom. The van der Waals surface area contributed by atoms with Gasteiger partial charge < -0.3 is 15.3 Å². The van der Waals surface area contributed by atoms with Crippen molar-refractivity contribution in [2.45, 2.75) is 57.1 Å². The second-order valence-electron chi connectivity index (χ2n) is 8.19. The highest BCUT2D eigenvalue weighted by atomic mass is 16.3. The van der Waals surface area contributed by atoms with Crippen LogP contribution in [0.25, 0.3) is 0 Å². The van der Waals surface area contributed by atoms with Gasteiger partial charge in [-0.2, -0.15) is 0 Å². The third-order valence-corrected chi connectivity index (χ3v) is 6.78. The van der Waals surface area contributed by atoms with E-state index in [4.69, 9.17) is 0 Å². The fourth-order valence-electron chi connectivity index (χ4n) is 5.37. The van der Waals surface area contributed by atoms with Crippen molar-refractivity contribution in [3.63, 3.8) is 0 Å². The topological polar surface area (TPSA) is 52.6 Å². The number of nitrogens with one attached hydrogen (secondary N) is 1. The number of carbonyl (C=O) groups excluding carboxylic acids is 1. The molecule has 2 heterocycles. The van der Waals surface area contributed by atoms with Crippen molar-refractivity contribution in [2.24, 2.45) is 11.3 Å². The van der Waals surface area contributed by atoms with Crippen LogP contribution in [0, 0.1) is 11.3 Å². The Bertz CT molecular complexity index is 605. The van der Waals surface area contributed by atoms with Crippen LogP contribution in [0.3, 0.4) is 0 Å². The Labute approximate surface area is 150 Å².